The molecule has 2 rings (SSSR count). The zero-order chi connectivity index (χ0) is 28.6. The van der Waals surface area contributed by atoms with Gasteiger partial charge in [0.1, 0.15) is 5.60 Å². The van der Waals surface area contributed by atoms with Gasteiger partial charge in [-0.05, 0) is 24.0 Å². The number of halogens is 17. The highest BCUT2D eigenvalue weighted by atomic mass is 19.4. The normalized spacial score (nSPS) is 21.4. The van der Waals surface area contributed by atoms with E-state index in [9.17, 15) is 79.7 Å². The Hall–Kier alpha value is -2.01. The number of alkyl halides is 17. The van der Waals surface area contributed by atoms with Crippen LogP contribution in [0, 0.1) is 0 Å². The van der Waals surface area contributed by atoms with Gasteiger partial charge in [-0.15, -0.1) is 0 Å². The van der Waals surface area contributed by atoms with E-state index >= 15 is 0 Å². The van der Waals surface area contributed by atoms with Crippen LogP contribution in [0.4, 0.5) is 74.6 Å². The fourth-order valence-corrected chi connectivity index (χ4v) is 3.44. The van der Waals surface area contributed by atoms with Crippen molar-refractivity contribution in [2.24, 2.45) is 0 Å². The molecule has 1 atom stereocenters. The van der Waals surface area contributed by atoms with Crippen LogP contribution in [0.3, 0.4) is 0 Å². The maximum absolute atomic E-state index is 14.5. The molecule has 0 saturated carbocycles. The minimum atomic E-state index is -8.69. The van der Waals surface area contributed by atoms with Crippen LogP contribution >= 0.6 is 0 Å². The number of aryl methyl sites for hydroxylation is 1. The lowest BCUT2D eigenvalue weighted by Crippen LogP contribution is -2.76. The summed E-state index contributed by atoms with van der Waals surface area (Å²) in [5.41, 5.74) is -4.74. The van der Waals surface area contributed by atoms with Gasteiger partial charge in [-0.3, -0.25) is 0 Å². The third kappa shape index (κ3) is 3.63. The standard InChI is InChI=1S/C18H11F17O/c19-11(20,10(36)6-5-8-3-1-2-4-9(8)7-10)12(21,22)13(23,24)14(25,26)15(27,28)16(29,30)17(31,32)18(33,34)35/h1-4,36H,5-7H2. The Kier molecular flexibility index (Phi) is 6.71. The molecule has 18 heteroatoms. The molecule has 1 aliphatic rings. The van der Waals surface area contributed by atoms with Crippen molar-refractivity contribution in [2.45, 2.75) is 72.5 Å². The lowest BCUT2D eigenvalue weighted by Gasteiger charge is -2.47. The van der Waals surface area contributed by atoms with Gasteiger partial charge in [0.05, 0.1) is 0 Å². The Morgan fingerprint density at radius 3 is 1.31 bits per heavy atom. The summed E-state index contributed by atoms with van der Waals surface area (Å²) in [5.74, 6) is -57.3. The van der Waals surface area contributed by atoms with Gasteiger partial charge < -0.3 is 5.11 Å². The molecule has 0 fully saturated rings. The molecule has 0 saturated heterocycles. The van der Waals surface area contributed by atoms with Crippen LogP contribution in [-0.4, -0.2) is 58.3 Å². The molecule has 208 valence electrons. The predicted octanol–water partition coefficient (Wildman–Crippen LogP) is 6.92. The molecule has 1 aliphatic carbocycles. The first-order valence-corrected chi connectivity index (χ1v) is 9.18. The van der Waals surface area contributed by atoms with Crippen molar-refractivity contribution in [3.63, 3.8) is 0 Å². The Morgan fingerprint density at radius 2 is 0.889 bits per heavy atom. The fourth-order valence-electron chi connectivity index (χ4n) is 3.44. The Bertz CT molecular complexity index is 980. The summed E-state index contributed by atoms with van der Waals surface area (Å²) in [4.78, 5) is 0. The molecule has 0 spiro atoms. The average molecular weight is 566 g/mol. The maximum atomic E-state index is 14.5. The fraction of sp³-hybridized carbons (Fsp3) is 0.667. The SMILES string of the molecule is OC1(C(F)(F)C(F)(F)C(F)(F)C(F)(F)C(F)(F)C(F)(F)C(F)(F)C(F)(F)F)CCc2ccccc2C1. The highest BCUT2D eigenvalue weighted by Crippen LogP contribution is 2.65. The summed E-state index contributed by atoms with van der Waals surface area (Å²) >= 11 is 0. The van der Waals surface area contributed by atoms with Crippen LogP contribution in [-0.2, 0) is 12.8 Å². The minimum Gasteiger partial charge on any atom is -0.383 e. The predicted molar refractivity (Wildman–Crippen MR) is 84.1 cm³/mol. The second kappa shape index (κ2) is 7.99. The summed E-state index contributed by atoms with van der Waals surface area (Å²) in [6.07, 6.45) is -11.9. The van der Waals surface area contributed by atoms with E-state index in [1.54, 1.807) is 0 Å². The van der Waals surface area contributed by atoms with Crippen LogP contribution in [0.15, 0.2) is 24.3 Å². The second-order valence-electron chi connectivity index (χ2n) is 8.00. The van der Waals surface area contributed by atoms with Crippen molar-refractivity contribution in [1.29, 1.82) is 0 Å². The summed E-state index contributed by atoms with van der Waals surface area (Å²) in [7, 11) is 0. The third-order valence-electron chi connectivity index (χ3n) is 5.72. The first kappa shape index (κ1) is 30.2. The van der Waals surface area contributed by atoms with Gasteiger partial charge in [0, 0.05) is 6.42 Å². The number of hydrogen-bond acceptors (Lipinski definition) is 1. The second-order valence-corrected chi connectivity index (χ2v) is 8.00. The number of aliphatic hydroxyl groups is 1. The third-order valence-corrected chi connectivity index (χ3v) is 5.72. The summed E-state index contributed by atoms with van der Waals surface area (Å²) in [6.45, 7) is 0. The molecule has 1 aromatic rings. The van der Waals surface area contributed by atoms with E-state index in [2.05, 4.69) is 0 Å². The maximum Gasteiger partial charge on any atom is 0.460 e. The molecule has 36 heavy (non-hydrogen) atoms. The van der Waals surface area contributed by atoms with E-state index in [0.29, 0.717) is 0 Å². The number of rotatable bonds is 7. The van der Waals surface area contributed by atoms with Crippen molar-refractivity contribution < 1.29 is 79.7 Å². The van der Waals surface area contributed by atoms with Crippen LogP contribution in [0.25, 0.3) is 0 Å². The van der Waals surface area contributed by atoms with Crippen LogP contribution in [0.2, 0.25) is 0 Å². The molecule has 0 radical (unpaired) electrons. The Morgan fingerprint density at radius 1 is 0.528 bits per heavy atom. The molecule has 1 unspecified atom stereocenters. The molecule has 1 aromatic carbocycles. The van der Waals surface area contributed by atoms with Gasteiger partial charge >= 0.3 is 47.6 Å². The van der Waals surface area contributed by atoms with Crippen molar-refractivity contribution in [3.8, 4) is 0 Å². The largest absolute Gasteiger partial charge is 0.460 e. The average Bonchev–Trinajstić information content (AvgIpc) is 2.71. The Labute approximate surface area is 188 Å². The molecule has 0 aliphatic heterocycles. The van der Waals surface area contributed by atoms with Gasteiger partial charge in [-0.25, -0.2) is 0 Å². The van der Waals surface area contributed by atoms with Gasteiger partial charge in [-0.1, -0.05) is 24.3 Å². The van der Waals surface area contributed by atoms with E-state index in [1.165, 1.54) is 12.1 Å². The van der Waals surface area contributed by atoms with E-state index < -0.39 is 78.1 Å². The summed E-state index contributed by atoms with van der Waals surface area (Å²) in [5, 5.41) is 10.00. The number of benzene rings is 1. The van der Waals surface area contributed by atoms with Gasteiger partial charge in [0.25, 0.3) is 0 Å². The molecule has 0 aromatic heterocycles. The zero-order valence-electron chi connectivity index (χ0n) is 16.8. The van der Waals surface area contributed by atoms with Crippen molar-refractivity contribution in [1.82, 2.24) is 0 Å². The molecule has 0 heterocycles. The van der Waals surface area contributed by atoms with Crippen LogP contribution in [0.1, 0.15) is 17.5 Å². The summed E-state index contributed by atoms with van der Waals surface area (Å²) < 4.78 is 229. The molecular formula is C18H11F17O. The molecule has 0 bridgehead atoms. The molecule has 1 nitrogen and oxygen atoms in total. The van der Waals surface area contributed by atoms with Gasteiger partial charge in [0.2, 0.25) is 0 Å². The summed E-state index contributed by atoms with van der Waals surface area (Å²) in [6, 6.07) is 4.45. The highest BCUT2D eigenvalue weighted by molar-refractivity contribution is 5.33. The smallest absolute Gasteiger partial charge is 0.383 e. The van der Waals surface area contributed by atoms with Crippen molar-refractivity contribution >= 4 is 0 Å². The topological polar surface area (TPSA) is 20.2 Å². The molecule has 0 amide bonds. The minimum absolute atomic E-state index is 0.0824. The molecule has 1 N–H and O–H groups in total. The lowest BCUT2D eigenvalue weighted by molar-refractivity contribution is -0.467. The first-order chi connectivity index (χ1) is 15.7. The Balaban J connectivity index is 2.62. The number of hydrogen-bond donors (Lipinski definition) is 1. The highest BCUT2D eigenvalue weighted by Gasteiger charge is 2.96. The first-order valence-electron chi connectivity index (χ1n) is 9.18. The van der Waals surface area contributed by atoms with E-state index in [1.807, 2.05) is 0 Å². The van der Waals surface area contributed by atoms with Gasteiger partial charge in [-0.2, -0.15) is 74.6 Å². The number of fused-ring (bicyclic) bond motifs is 1. The molecular weight excluding hydrogens is 555 g/mol. The van der Waals surface area contributed by atoms with Crippen molar-refractivity contribution in [2.75, 3.05) is 0 Å². The van der Waals surface area contributed by atoms with E-state index in [-0.39, 0.29) is 5.56 Å². The monoisotopic (exact) mass is 566 g/mol. The van der Waals surface area contributed by atoms with E-state index in [4.69, 9.17) is 0 Å². The quantitative estimate of drug-likeness (QED) is 0.356. The lowest BCUT2D eigenvalue weighted by atomic mass is 9.73. The zero-order valence-corrected chi connectivity index (χ0v) is 16.8. The van der Waals surface area contributed by atoms with Crippen LogP contribution in [0.5, 0.6) is 0 Å². The van der Waals surface area contributed by atoms with Crippen molar-refractivity contribution in [3.05, 3.63) is 35.4 Å². The van der Waals surface area contributed by atoms with E-state index in [0.717, 1.165) is 12.1 Å². The van der Waals surface area contributed by atoms with Gasteiger partial charge in [0.15, 0.2) is 0 Å². The van der Waals surface area contributed by atoms with Crippen LogP contribution < -0.4 is 0 Å².